The Hall–Kier alpha value is -1.65. The van der Waals surface area contributed by atoms with Crippen molar-refractivity contribution in [1.29, 1.82) is 0 Å². The summed E-state index contributed by atoms with van der Waals surface area (Å²) in [5.74, 6) is 0.414. The predicted octanol–water partition coefficient (Wildman–Crippen LogP) is 3.99. The van der Waals surface area contributed by atoms with Crippen molar-refractivity contribution in [1.82, 2.24) is 0 Å². The lowest BCUT2D eigenvalue weighted by Gasteiger charge is -2.56. The molecule has 5 nitrogen and oxygen atoms in total. The molecule has 0 spiro atoms. The zero-order chi connectivity index (χ0) is 20.3. The van der Waals surface area contributed by atoms with Crippen LogP contribution in [0, 0.1) is 28.6 Å². The van der Waals surface area contributed by atoms with Crippen LogP contribution in [0.2, 0.25) is 0 Å². The summed E-state index contributed by atoms with van der Waals surface area (Å²) in [4.78, 5) is 36.1. The summed E-state index contributed by atoms with van der Waals surface area (Å²) in [5.41, 5.74) is 1.26. The van der Waals surface area contributed by atoms with Gasteiger partial charge in [0, 0.05) is 26.2 Å². The van der Waals surface area contributed by atoms with Gasteiger partial charge in [-0.1, -0.05) is 19.4 Å². The predicted molar refractivity (Wildman–Crippen MR) is 103 cm³/mol. The van der Waals surface area contributed by atoms with Crippen molar-refractivity contribution in [3.63, 3.8) is 0 Å². The fourth-order valence-corrected chi connectivity index (χ4v) is 7.02. The Morgan fingerprint density at radius 1 is 1.00 bits per heavy atom. The third-order valence-corrected chi connectivity index (χ3v) is 8.29. The second kappa shape index (κ2) is 6.70. The van der Waals surface area contributed by atoms with Crippen LogP contribution >= 0.6 is 0 Å². The molecule has 0 radical (unpaired) electrons. The van der Waals surface area contributed by atoms with Gasteiger partial charge >= 0.3 is 11.9 Å². The highest BCUT2D eigenvalue weighted by molar-refractivity contribution is 5.94. The number of carbonyl (C=O) groups excluding carboxylic acids is 3. The van der Waals surface area contributed by atoms with Gasteiger partial charge in [0.25, 0.3) is 0 Å². The molecule has 0 aromatic carbocycles. The average molecular weight is 389 g/mol. The summed E-state index contributed by atoms with van der Waals surface area (Å²) < 4.78 is 11.0. The molecule has 4 rings (SSSR count). The topological polar surface area (TPSA) is 69.7 Å². The van der Waals surface area contributed by atoms with Gasteiger partial charge in [-0.2, -0.15) is 0 Å². The molecule has 0 aromatic heterocycles. The van der Waals surface area contributed by atoms with E-state index in [9.17, 15) is 14.4 Å². The van der Waals surface area contributed by atoms with E-state index in [2.05, 4.69) is 13.8 Å². The molecular weight excluding hydrogens is 356 g/mol. The zero-order valence-corrected chi connectivity index (χ0v) is 17.5. The van der Waals surface area contributed by atoms with Gasteiger partial charge in [0.15, 0.2) is 5.78 Å². The van der Waals surface area contributed by atoms with E-state index in [1.807, 2.05) is 6.08 Å². The smallest absolute Gasteiger partial charge is 0.302 e. The molecule has 4 aliphatic carbocycles. The maximum Gasteiger partial charge on any atom is 0.302 e. The van der Waals surface area contributed by atoms with Gasteiger partial charge in [-0.25, -0.2) is 0 Å². The molecule has 0 bridgehead atoms. The van der Waals surface area contributed by atoms with E-state index in [0.29, 0.717) is 12.3 Å². The van der Waals surface area contributed by atoms with Crippen LogP contribution in [0.25, 0.3) is 0 Å². The lowest BCUT2D eigenvalue weighted by atomic mass is 9.48. The highest BCUT2D eigenvalue weighted by Crippen LogP contribution is 2.64. The molecule has 7 atom stereocenters. The summed E-state index contributed by atoms with van der Waals surface area (Å²) in [6.45, 7) is 7.51. The molecular formula is C23H32O5. The van der Waals surface area contributed by atoms with Gasteiger partial charge in [0.2, 0.25) is 0 Å². The van der Waals surface area contributed by atoms with Gasteiger partial charge in [-0.05, 0) is 67.3 Å². The summed E-state index contributed by atoms with van der Waals surface area (Å²) in [5, 5.41) is 0. The van der Waals surface area contributed by atoms with E-state index >= 15 is 0 Å². The van der Waals surface area contributed by atoms with Crippen molar-refractivity contribution >= 4 is 17.7 Å². The van der Waals surface area contributed by atoms with E-state index in [-0.39, 0.29) is 52.6 Å². The molecule has 28 heavy (non-hydrogen) atoms. The molecule has 0 heterocycles. The monoisotopic (exact) mass is 388 g/mol. The summed E-state index contributed by atoms with van der Waals surface area (Å²) in [7, 11) is 0. The van der Waals surface area contributed by atoms with Crippen molar-refractivity contribution in [3.05, 3.63) is 11.6 Å². The molecule has 0 N–H and O–H groups in total. The SMILES string of the molecule is CC(=O)OC1CCC2(C)C(=CC(=O)C3C4CC(OC(C)=O)CC4(C)CCC32)C1. The van der Waals surface area contributed by atoms with E-state index in [4.69, 9.17) is 9.47 Å². The van der Waals surface area contributed by atoms with E-state index in [0.717, 1.165) is 38.5 Å². The quantitative estimate of drug-likeness (QED) is 0.669. The Morgan fingerprint density at radius 3 is 2.36 bits per heavy atom. The van der Waals surface area contributed by atoms with Crippen LogP contribution in [0.3, 0.4) is 0 Å². The maximum atomic E-state index is 13.3. The van der Waals surface area contributed by atoms with Crippen molar-refractivity contribution in [2.45, 2.75) is 84.8 Å². The fourth-order valence-electron chi connectivity index (χ4n) is 7.02. The Labute approximate surface area is 167 Å². The molecule has 4 aliphatic rings. The minimum Gasteiger partial charge on any atom is -0.463 e. The third kappa shape index (κ3) is 3.11. The fraction of sp³-hybridized carbons (Fsp3) is 0.783. The lowest BCUT2D eigenvalue weighted by Crippen LogP contribution is -2.52. The second-order valence-electron chi connectivity index (χ2n) is 10.1. The first-order valence-corrected chi connectivity index (χ1v) is 10.7. The Bertz CT molecular complexity index is 739. The highest BCUT2D eigenvalue weighted by Gasteiger charge is 2.60. The zero-order valence-electron chi connectivity index (χ0n) is 17.5. The summed E-state index contributed by atoms with van der Waals surface area (Å²) in [6.07, 6.45) is 8.03. The minimum absolute atomic E-state index is 0.01000. The van der Waals surface area contributed by atoms with E-state index < -0.39 is 0 Å². The Balaban J connectivity index is 1.61. The van der Waals surface area contributed by atoms with Crippen LogP contribution in [-0.4, -0.2) is 29.9 Å². The van der Waals surface area contributed by atoms with Gasteiger partial charge in [-0.3, -0.25) is 14.4 Å². The summed E-state index contributed by atoms with van der Waals surface area (Å²) >= 11 is 0. The van der Waals surface area contributed by atoms with Gasteiger partial charge < -0.3 is 9.47 Å². The molecule has 0 aromatic rings. The molecule has 0 aliphatic heterocycles. The van der Waals surface area contributed by atoms with E-state index in [1.54, 1.807) is 0 Å². The number of carbonyl (C=O) groups is 3. The number of allylic oxidation sites excluding steroid dienone is 1. The second-order valence-corrected chi connectivity index (χ2v) is 10.1. The van der Waals surface area contributed by atoms with Crippen LogP contribution in [0.1, 0.15) is 72.6 Å². The first-order chi connectivity index (χ1) is 13.1. The molecule has 5 heteroatoms. The first kappa shape index (κ1) is 19.7. The molecule has 0 amide bonds. The van der Waals surface area contributed by atoms with Crippen molar-refractivity contribution in [3.8, 4) is 0 Å². The van der Waals surface area contributed by atoms with Crippen LogP contribution in [0.15, 0.2) is 11.6 Å². The summed E-state index contributed by atoms with van der Waals surface area (Å²) in [6, 6.07) is 0. The van der Waals surface area contributed by atoms with Crippen molar-refractivity contribution in [2.24, 2.45) is 28.6 Å². The van der Waals surface area contributed by atoms with Gasteiger partial charge in [0.05, 0.1) is 0 Å². The molecule has 154 valence electrons. The van der Waals surface area contributed by atoms with Gasteiger partial charge in [-0.15, -0.1) is 0 Å². The number of hydrogen-bond donors (Lipinski definition) is 0. The maximum absolute atomic E-state index is 13.3. The van der Waals surface area contributed by atoms with Crippen LogP contribution in [0.5, 0.6) is 0 Å². The average Bonchev–Trinajstić information content (AvgIpc) is 2.90. The minimum atomic E-state index is -0.245. The van der Waals surface area contributed by atoms with Crippen LogP contribution in [-0.2, 0) is 23.9 Å². The lowest BCUT2D eigenvalue weighted by molar-refractivity contribution is -0.149. The standard InChI is InChI=1S/C23H32O5/c1-13(24)27-16-5-8-23(4)15(9-16)10-20(26)21-18(23)6-7-22(3)12-17(11-19(21)22)28-14(2)25/h10,16-19,21H,5-9,11-12H2,1-4H3. The Kier molecular flexibility index (Phi) is 4.71. The van der Waals surface area contributed by atoms with Crippen molar-refractivity contribution in [2.75, 3.05) is 0 Å². The van der Waals surface area contributed by atoms with Gasteiger partial charge in [0.1, 0.15) is 12.2 Å². The number of ketones is 1. The largest absolute Gasteiger partial charge is 0.463 e. The number of ether oxygens (including phenoxy) is 2. The number of esters is 2. The number of fused-ring (bicyclic) bond motifs is 5. The van der Waals surface area contributed by atoms with Crippen molar-refractivity contribution < 1.29 is 23.9 Å². The molecule has 3 fully saturated rings. The normalized spacial score (nSPS) is 44.6. The first-order valence-electron chi connectivity index (χ1n) is 10.7. The molecule has 0 saturated heterocycles. The van der Waals surface area contributed by atoms with E-state index in [1.165, 1.54) is 19.4 Å². The van der Waals surface area contributed by atoms with Crippen LogP contribution < -0.4 is 0 Å². The molecule has 7 unspecified atom stereocenters. The Morgan fingerprint density at radius 2 is 1.68 bits per heavy atom. The number of hydrogen-bond acceptors (Lipinski definition) is 5. The van der Waals surface area contributed by atoms with Crippen LogP contribution in [0.4, 0.5) is 0 Å². The third-order valence-electron chi connectivity index (χ3n) is 8.29. The molecule has 3 saturated carbocycles. The highest BCUT2D eigenvalue weighted by atomic mass is 16.5. The number of rotatable bonds is 2.